The van der Waals surface area contributed by atoms with E-state index in [-0.39, 0.29) is 0 Å². The fourth-order valence-electron chi connectivity index (χ4n) is 3.24. The van der Waals surface area contributed by atoms with Crippen LogP contribution in [0.15, 0.2) is 41.8 Å². The van der Waals surface area contributed by atoms with Crippen LogP contribution in [-0.4, -0.2) is 6.04 Å². The molecule has 2 aromatic rings. The molecule has 2 heteroatoms. The van der Waals surface area contributed by atoms with Crippen LogP contribution in [0.3, 0.4) is 0 Å². The average molecular weight is 299 g/mol. The summed E-state index contributed by atoms with van der Waals surface area (Å²) in [5.41, 5.74) is 2.87. The van der Waals surface area contributed by atoms with Crippen molar-refractivity contribution in [1.82, 2.24) is 5.32 Å². The molecular formula is C19H25NS. The molecule has 1 fully saturated rings. The molecule has 1 aliphatic carbocycles. The molecule has 1 N–H and O–H groups in total. The molecule has 0 saturated heterocycles. The van der Waals surface area contributed by atoms with Crippen molar-refractivity contribution >= 4 is 11.3 Å². The van der Waals surface area contributed by atoms with Gasteiger partial charge in [-0.1, -0.05) is 49.2 Å². The van der Waals surface area contributed by atoms with Crippen molar-refractivity contribution in [3.63, 3.8) is 0 Å². The summed E-state index contributed by atoms with van der Waals surface area (Å²) in [6.45, 7) is 4.43. The van der Waals surface area contributed by atoms with E-state index in [4.69, 9.17) is 0 Å². The molecule has 1 aromatic heterocycles. The van der Waals surface area contributed by atoms with Gasteiger partial charge < -0.3 is 5.32 Å². The van der Waals surface area contributed by atoms with Crippen molar-refractivity contribution in [3.8, 4) is 0 Å². The van der Waals surface area contributed by atoms with Gasteiger partial charge in [-0.05, 0) is 49.1 Å². The smallest absolute Gasteiger partial charge is 0.0416 e. The van der Waals surface area contributed by atoms with E-state index in [1.165, 1.54) is 41.7 Å². The van der Waals surface area contributed by atoms with Crippen LogP contribution < -0.4 is 5.32 Å². The lowest BCUT2D eigenvalue weighted by molar-refractivity contribution is 0.261. The Bertz CT molecular complexity index is 537. The van der Waals surface area contributed by atoms with Gasteiger partial charge in [0.25, 0.3) is 0 Å². The molecule has 1 atom stereocenters. The zero-order chi connectivity index (χ0) is 14.7. The van der Waals surface area contributed by atoms with E-state index >= 15 is 0 Å². The summed E-state index contributed by atoms with van der Waals surface area (Å²) >= 11 is 1.88. The predicted molar refractivity (Wildman–Crippen MR) is 92.0 cm³/mol. The number of hydrogen-bond donors (Lipinski definition) is 1. The predicted octanol–water partition coefficient (Wildman–Crippen LogP) is 5.43. The van der Waals surface area contributed by atoms with Crippen molar-refractivity contribution in [1.29, 1.82) is 0 Å². The SMILES string of the molecule is CCCC(NC1CC(c2ccc(C)cc2)C1)c1cccs1. The van der Waals surface area contributed by atoms with Gasteiger partial charge >= 0.3 is 0 Å². The fraction of sp³-hybridized carbons (Fsp3) is 0.474. The Balaban J connectivity index is 1.54. The number of rotatable bonds is 6. The molecule has 1 aromatic carbocycles. The maximum absolute atomic E-state index is 3.88. The second kappa shape index (κ2) is 6.76. The van der Waals surface area contributed by atoms with E-state index < -0.39 is 0 Å². The second-order valence-corrected chi connectivity index (χ2v) is 7.28. The topological polar surface area (TPSA) is 12.0 Å². The molecule has 0 spiro atoms. The number of benzene rings is 1. The van der Waals surface area contributed by atoms with Gasteiger partial charge in [-0.25, -0.2) is 0 Å². The number of hydrogen-bond acceptors (Lipinski definition) is 2. The lowest BCUT2D eigenvalue weighted by Crippen LogP contribution is -2.41. The van der Waals surface area contributed by atoms with E-state index in [1.807, 2.05) is 11.3 Å². The molecule has 1 aliphatic rings. The highest BCUT2D eigenvalue weighted by atomic mass is 32.1. The van der Waals surface area contributed by atoms with Crippen LogP contribution in [-0.2, 0) is 0 Å². The van der Waals surface area contributed by atoms with Crippen LogP contribution in [0.25, 0.3) is 0 Å². The second-order valence-electron chi connectivity index (χ2n) is 6.30. The molecule has 0 bridgehead atoms. The highest BCUT2D eigenvalue weighted by Crippen LogP contribution is 2.38. The molecule has 3 rings (SSSR count). The van der Waals surface area contributed by atoms with Crippen LogP contribution in [0.5, 0.6) is 0 Å². The lowest BCUT2D eigenvalue weighted by Gasteiger charge is -2.38. The third-order valence-corrected chi connectivity index (χ3v) is 5.57. The minimum atomic E-state index is 0.555. The highest BCUT2D eigenvalue weighted by Gasteiger charge is 2.31. The molecule has 0 radical (unpaired) electrons. The quantitative estimate of drug-likeness (QED) is 0.749. The van der Waals surface area contributed by atoms with Crippen LogP contribution in [0.1, 0.15) is 60.6 Å². The first-order valence-electron chi connectivity index (χ1n) is 8.12. The van der Waals surface area contributed by atoms with E-state index in [0.29, 0.717) is 12.1 Å². The van der Waals surface area contributed by atoms with Crippen LogP contribution >= 0.6 is 11.3 Å². The van der Waals surface area contributed by atoms with Gasteiger partial charge in [-0.3, -0.25) is 0 Å². The van der Waals surface area contributed by atoms with Gasteiger partial charge in [0, 0.05) is 17.0 Å². The number of nitrogens with one attached hydrogen (secondary N) is 1. The summed E-state index contributed by atoms with van der Waals surface area (Å²) < 4.78 is 0. The number of aryl methyl sites for hydroxylation is 1. The van der Waals surface area contributed by atoms with E-state index in [0.717, 1.165) is 5.92 Å². The minimum absolute atomic E-state index is 0.555. The van der Waals surface area contributed by atoms with Crippen LogP contribution in [0, 0.1) is 6.92 Å². The summed E-state index contributed by atoms with van der Waals surface area (Å²) in [5, 5.41) is 6.07. The molecule has 21 heavy (non-hydrogen) atoms. The Kier molecular flexibility index (Phi) is 4.77. The van der Waals surface area contributed by atoms with Gasteiger partial charge in [0.05, 0.1) is 0 Å². The summed E-state index contributed by atoms with van der Waals surface area (Å²) in [7, 11) is 0. The van der Waals surface area contributed by atoms with Gasteiger partial charge in [0.1, 0.15) is 0 Å². The molecular weight excluding hydrogens is 274 g/mol. The first-order chi connectivity index (χ1) is 10.3. The Labute approximate surface area is 132 Å². The number of thiophene rings is 1. The van der Waals surface area contributed by atoms with Crippen molar-refractivity contribution in [2.45, 2.75) is 57.5 Å². The van der Waals surface area contributed by atoms with E-state index in [9.17, 15) is 0 Å². The molecule has 112 valence electrons. The standard InChI is InChI=1S/C19H25NS/c1-3-5-18(19-6-4-11-21-19)20-17-12-16(13-17)15-9-7-14(2)8-10-15/h4,6-11,16-18,20H,3,5,12-13H2,1-2H3. The molecule has 0 aliphatic heterocycles. The Morgan fingerprint density at radius 3 is 2.57 bits per heavy atom. The third kappa shape index (κ3) is 3.56. The van der Waals surface area contributed by atoms with E-state index in [1.54, 1.807) is 0 Å². The fourth-order valence-corrected chi connectivity index (χ4v) is 4.06. The van der Waals surface area contributed by atoms with Crippen molar-refractivity contribution in [2.75, 3.05) is 0 Å². The van der Waals surface area contributed by atoms with Crippen molar-refractivity contribution in [3.05, 3.63) is 57.8 Å². The zero-order valence-corrected chi connectivity index (χ0v) is 13.8. The average Bonchev–Trinajstić information content (AvgIpc) is 2.96. The molecule has 1 unspecified atom stereocenters. The Hall–Kier alpha value is -1.12. The summed E-state index contributed by atoms with van der Waals surface area (Å²) in [6, 6.07) is 14.8. The first kappa shape index (κ1) is 14.8. The van der Waals surface area contributed by atoms with Gasteiger partial charge in [0.2, 0.25) is 0 Å². The summed E-state index contributed by atoms with van der Waals surface area (Å²) in [6.07, 6.45) is 5.05. The maximum atomic E-state index is 3.88. The minimum Gasteiger partial charge on any atom is -0.306 e. The van der Waals surface area contributed by atoms with E-state index in [2.05, 4.69) is 60.9 Å². The van der Waals surface area contributed by atoms with Crippen LogP contribution in [0.2, 0.25) is 0 Å². The Morgan fingerprint density at radius 1 is 1.19 bits per heavy atom. The summed E-state index contributed by atoms with van der Waals surface area (Å²) in [4.78, 5) is 1.50. The zero-order valence-electron chi connectivity index (χ0n) is 13.0. The Morgan fingerprint density at radius 2 is 1.95 bits per heavy atom. The largest absolute Gasteiger partial charge is 0.306 e. The molecule has 0 amide bonds. The summed E-state index contributed by atoms with van der Waals surface area (Å²) in [5.74, 6) is 0.758. The van der Waals surface area contributed by atoms with Gasteiger partial charge in [0.15, 0.2) is 0 Å². The van der Waals surface area contributed by atoms with Crippen molar-refractivity contribution in [2.24, 2.45) is 0 Å². The normalized spacial score (nSPS) is 22.8. The monoisotopic (exact) mass is 299 g/mol. The maximum Gasteiger partial charge on any atom is 0.0416 e. The van der Waals surface area contributed by atoms with Gasteiger partial charge in [-0.15, -0.1) is 11.3 Å². The third-order valence-electron chi connectivity index (χ3n) is 4.59. The first-order valence-corrected chi connectivity index (χ1v) is 9.00. The molecule has 1 nitrogen and oxygen atoms in total. The van der Waals surface area contributed by atoms with Crippen molar-refractivity contribution < 1.29 is 0 Å². The molecule has 1 heterocycles. The van der Waals surface area contributed by atoms with Gasteiger partial charge in [-0.2, -0.15) is 0 Å². The highest BCUT2D eigenvalue weighted by molar-refractivity contribution is 7.10. The lowest BCUT2D eigenvalue weighted by atomic mass is 9.75. The van der Waals surface area contributed by atoms with Crippen LogP contribution in [0.4, 0.5) is 0 Å². The molecule has 1 saturated carbocycles.